The molecule has 2 aliphatic rings. The molecule has 0 bridgehead atoms. The van der Waals surface area contributed by atoms with Crippen LogP contribution in [0.15, 0.2) is 53.6 Å². The number of rotatable bonds is 2. The summed E-state index contributed by atoms with van der Waals surface area (Å²) in [5.74, 6) is -1.61. The zero-order valence-electron chi connectivity index (χ0n) is 17.2. The number of morpholine rings is 1. The van der Waals surface area contributed by atoms with Crippen LogP contribution in [0.25, 0.3) is 0 Å². The number of anilines is 1. The van der Waals surface area contributed by atoms with Crippen LogP contribution in [0.4, 0.5) is 23.8 Å². The quantitative estimate of drug-likeness (QED) is 0.719. The van der Waals surface area contributed by atoms with E-state index in [0.717, 1.165) is 13.0 Å². The van der Waals surface area contributed by atoms with E-state index < -0.39 is 17.5 Å². The molecule has 1 unspecified atom stereocenters. The maximum absolute atomic E-state index is 13.8. The third-order valence-electron chi connectivity index (χ3n) is 5.09. The molecule has 9 heteroatoms. The maximum atomic E-state index is 13.8. The summed E-state index contributed by atoms with van der Waals surface area (Å²) in [6.45, 7) is 6.76. The zero-order valence-corrected chi connectivity index (χ0v) is 17.2. The lowest BCUT2D eigenvalue weighted by Crippen LogP contribution is -2.56. The van der Waals surface area contributed by atoms with Gasteiger partial charge in [-0.15, -0.1) is 0 Å². The average Bonchev–Trinajstić information content (AvgIpc) is 2.74. The summed E-state index contributed by atoms with van der Waals surface area (Å²) >= 11 is 0. The Bertz CT molecular complexity index is 871. The Balaban J connectivity index is 1.73. The van der Waals surface area contributed by atoms with Crippen molar-refractivity contribution in [2.45, 2.75) is 26.8 Å². The smallest absolute Gasteiger partial charge is 0.325 e. The Morgan fingerprint density at radius 1 is 1.23 bits per heavy atom. The number of urea groups is 1. The van der Waals surface area contributed by atoms with Crippen LogP contribution >= 0.6 is 0 Å². The van der Waals surface area contributed by atoms with Crippen LogP contribution in [-0.2, 0) is 4.74 Å². The molecule has 0 saturated carbocycles. The second-order valence-electron chi connectivity index (χ2n) is 7.19. The predicted octanol–water partition coefficient (Wildman–Crippen LogP) is 4.14. The minimum absolute atomic E-state index is 0.118. The molecule has 0 N–H and O–H groups in total. The van der Waals surface area contributed by atoms with Crippen molar-refractivity contribution in [2.24, 2.45) is 0 Å². The third kappa shape index (κ3) is 4.60. The van der Waals surface area contributed by atoms with Crippen molar-refractivity contribution < 1.29 is 22.7 Å². The molecular weight excluding hydrogens is 397 g/mol. The highest BCUT2D eigenvalue weighted by Crippen LogP contribution is 2.29. The molecule has 2 aliphatic heterocycles. The lowest BCUT2D eigenvalue weighted by molar-refractivity contribution is 0.0784. The van der Waals surface area contributed by atoms with Crippen LogP contribution in [0.5, 0.6) is 0 Å². The monoisotopic (exact) mass is 422 g/mol. The van der Waals surface area contributed by atoms with Crippen molar-refractivity contribution in [3.63, 3.8) is 0 Å². The molecule has 2 amide bonds. The fraction of sp³-hybridized carbons (Fsp3) is 0.429. The van der Waals surface area contributed by atoms with E-state index in [4.69, 9.17) is 4.74 Å². The molecule has 1 aromatic rings. The van der Waals surface area contributed by atoms with Gasteiger partial charge in [0.2, 0.25) is 0 Å². The van der Waals surface area contributed by atoms with E-state index >= 15 is 0 Å². The summed E-state index contributed by atoms with van der Waals surface area (Å²) in [4.78, 5) is 22.6. The number of allylic oxidation sites excluding steroid dienone is 4. The molecule has 162 valence electrons. The molecule has 0 radical (unpaired) electrons. The Labute approximate surface area is 173 Å². The number of pyridine rings is 1. The molecule has 0 spiro atoms. The number of aromatic nitrogens is 1. The highest BCUT2D eigenvalue weighted by molar-refractivity contribution is 5.78. The van der Waals surface area contributed by atoms with Gasteiger partial charge in [-0.2, -0.15) is 0 Å². The number of hydrogen-bond acceptors (Lipinski definition) is 4. The van der Waals surface area contributed by atoms with Gasteiger partial charge in [0.1, 0.15) is 29.8 Å². The summed E-state index contributed by atoms with van der Waals surface area (Å²) < 4.78 is 45.6. The van der Waals surface area contributed by atoms with E-state index in [1.807, 2.05) is 11.8 Å². The molecule has 3 heterocycles. The topological polar surface area (TPSA) is 48.9 Å². The zero-order chi connectivity index (χ0) is 21.8. The Morgan fingerprint density at radius 2 is 1.93 bits per heavy atom. The molecule has 2 saturated heterocycles. The first-order valence-corrected chi connectivity index (χ1v) is 9.79. The van der Waals surface area contributed by atoms with Crippen LogP contribution in [0, 0.1) is 5.82 Å². The van der Waals surface area contributed by atoms with Gasteiger partial charge in [0, 0.05) is 32.3 Å². The number of amides is 2. The fourth-order valence-electron chi connectivity index (χ4n) is 3.45. The second kappa shape index (κ2) is 9.23. The highest BCUT2D eigenvalue weighted by Gasteiger charge is 2.35. The van der Waals surface area contributed by atoms with Gasteiger partial charge in [-0.1, -0.05) is 6.08 Å². The van der Waals surface area contributed by atoms with Crippen molar-refractivity contribution >= 4 is 11.8 Å². The third-order valence-corrected chi connectivity index (χ3v) is 5.09. The highest BCUT2D eigenvalue weighted by atomic mass is 19.2. The van der Waals surface area contributed by atoms with Crippen molar-refractivity contribution in [2.75, 3.05) is 37.7 Å². The van der Waals surface area contributed by atoms with Gasteiger partial charge < -0.3 is 14.5 Å². The van der Waals surface area contributed by atoms with E-state index in [0.29, 0.717) is 37.7 Å². The van der Waals surface area contributed by atoms with Crippen molar-refractivity contribution in [3.05, 3.63) is 59.4 Å². The van der Waals surface area contributed by atoms with E-state index in [9.17, 15) is 18.0 Å². The molecule has 6 nitrogen and oxygen atoms in total. The first-order chi connectivity index (χ1) is 14.3. The minimum Gasteiger partial charge on any atom is -0.489 e. The standard InChI is InChI=1S/C21H25F3N4O2/c1-4-18-19(11-17(24)15(3)22)30-13-14(2)28(18)21(29)27-9-7-26(8-10-27)20-6-5-16(23)12-25-20/h4-6,11-12,14H,7-10,13H2,1-3H3/b17-15-,18-4?,19-11+. The summed E-state index contributed by atoms with van der Waals surface area (Å²) in [5, 5.41) is 0. The van der Waals surface area contributed by atoms with E-state index in [1.54, 1.807) is 28.9 Å². The van der Waals surface area contributed by atoms with Gasteiger partial charge in [-0.3, -0.25) is 4.90 Å². The van der Waals surface area contributed by atoms with Gasteiger partial charge in [-0.25, -0.2) is 22.9 Å². The number of hydrogen-bond donors (Lipinski definition) is 0. The van der Waals surface area contributed by atoms with Crippen LogP contribution in [0.1, 0.15) is 20.8 Å². The number of piperazine rings is 1. The SMILES string of the molecule is CC=C1/C(=C\C(F)=C(/C)F)OCC(C)N1C(=O)N1CCN(c2ccc(F)cn2)CC1. The normalized spacial score (nSPS) is 23.5. The van der Waals surface area contributed by atoms with Crippen LogP contribution < -0.4 is 4.90 Å². The number of ether oxygens (including phenoxy) is 1. The summed E-state index contributed by atoms with van der Waals surface area (Å²) in [6.07, 6.45) is 3.79. The lowest BCUT2D eigenvalue weighted by Gasteiger charge is -2.42. The van der Waals surface area contributed by atoms with Crippen LogP contribution in [0.2, 0.25) is 0 Å². The Kier molecular flexibility index (Phi) is 6.69. The van der Waals surface area contributed by atoms with Crippen LogP contribution in [-0.4, -0.2) is 59.6 Å². The lowest BCUT2D eigenvalue weighted by atomic mass is 10.1. The van der Waals surface area contributed by atoms with Gasteiger partial charge >= 0.3 is 6.03 Å². The molecule has 30 heavy (non-hydrogen) atoms. The minimum atomic E-state index is -1.04. The van der Waals surface area contributed by atoms with Gasteiger partial charge in [0.15, 0.2) is 5.83 Å². The molecule has 0 aliphatic carbocycles. The van der Waals surface area contributed by atoms with Gasteiger partial charge in [0.05, 0.1) is 17.9 Å². The molecule has 1 aromatic heterocycles. The van der Waals surface area contributed by atoms with Crippen molar-refractivity contribution in [3.8, 4) is 0 Å². The molecule has 0 aromatic carbocycles. The first kappa shape index (κ1) is 21.7. The van der Waals surface area contributed by atoms with Crippen LogP contribution in [0.3, 0.4) is 0 Å². The molecule has 3 rings (SSSR count). The molecular formula is C21H25F3N4O2. The average molecular weight is 422 g/mol. The number of carbonyl (C=O) groups is 1. The summed E-state index contributed by atoms with van der Waals surface area (Å²) in [5.41, 5.74) is 0.401. The molecule has 2 fully saturated rings. The Hall–Kier alpha value is -2.97. The largest absolute Gasteiger partial charge is 0.489 e. The summed E-state index contributed by atoms with van der Waals surface area (Å²) in [6, 6.07) is 2.48. The van der Waals surface area contributed by atoms with E-state index in [1.165, 1.54) is 12.3 Å². The van der Waals surface area contributed by atoms with Crippen molar-refractivity contribution in [1.29, 1.82) is 0 Å². The first-order valence-electron chi connectivity index (χ1n) is 9.79. The van der Waals surface area contributed by atoms with Gasteiger partial charge in [-0.05, 0) is 32.9 Å². The van der Waals surface area contributed by atoms with Crippen molar-refractivity contribution in [1.82, 2.24) is 14.8 Å². The number of nitrogens with zero attached hydrogens (tertiary/aromatic N) is 4. The Morgan fingerprint density at radius 3 is 2.50 bits per heavy atom. The predicted molar refractivity (Wildman–Crippen MR) is 107 cm³/mol. The maximum Gasteiger partial charge on any atom is 0.325 e. The second-order valence-corrected chi connectivity index (χ2v) is 7.19. The summed E-state index contributed by atoms with van der Waals surface area (Å²) in [7, 11) is 0. The number of halogens is 3. The van der Waals surface area contributed by atoms with E-state index in [-0.39, 0.29) is 24.4 Å². The fourth-order valence-corrected chi connectivity index (χ4v) is 3.45. The number of carbonyl (C=O) groups excluding carboxylic acids is 1. The van der Waals surface area contributed by atoms with Gasteiger partial charge in [0.25, 0.3) is 0 Å². The van der Waals surface area contributed by atoms with E-state index in [2.05, 4.69) is 4.98 Å². The molecule has 1 atom stereocenters.